The molecular weight excluding hydrogens is 920 g/mol. The van der Waals surface area contributed by atoms with Crippen LogP contribution in [0.15, 0.2) is 75.1 Å². The minimum absolute atomic E-state index is 0. The Kier molecular flexibility index (Phi) is 16.7. The Morgan fingerprint density at radius 2 is 1.24 bits per heavy atom. The fourth-order valence-electron chi connectivity index (χ4n) is 11.3. The predicted octanol–water partition coefficient (Wildman–Crippen LogP) is 5.70. The first kappa shape index (κ1) is 51.5. The van der Waals surface area contributed by atoms with Crippen molar-refractivity contribution in [1.82, 2.24) is 9.80 Å². The van der Waals surface area contributed by atoms with E-state index < -0.39 is 11.1 Å². The van der Waals surface area contributed by atoms with Crippen LogP contribution >= 0.6 is 15.9 Å². The third-order valence-electron chi connectivity index (χ3n) is 14.9. The largest absolute Gasteiger partial charge is 0.461 e. The Balaban J connectivity index is 0.000000213. The second-order valence-corrected chi connectivity index (χ2v) is 19.1. The number of halogens is 1. The van der Waals surface area contributed by atoms with Crippen molar-refractivity contribution in [2.75, 3.05) is 28.3 Å². The van der Waals surface area contributed by atoms with Crippen LogP contribution in [0, 0.1) is 58.2 Å². The number of carbonyl (C=O) groups excluding carboxylic acids is 2. The van der Waals surface area contributed by atoms with Crippen LogP contribution in [0.3, 0.4) is 0 Å². The van der Waals surface area contributed by atoms with Crippen LogP contribution in [0.1, 0.15) is 100 Å². The number of rotatable bonds is 4. The zero-order chi connectivity index (χ0) is 49.3. The maximum atomic E-state index is 13.1. The molecule has 2 unspecified atom stereocenters. The molecule has 6 aliphatic rings. The Morgan fingerprint density at radius 3 is 1.68 bits per heavy atom. The van der Waals surface area contributed by atoms with E-state index in [1.54, 1.807) is 35.2 Å². The van der Waals surface area contributed by atoms with Crippen molar-refractivity contribution in [3.05, 3.63) is 93.0 Å². The van der Waals surface area contributed by atoms with Gasteiger partial charge in [0.25, 0.3) is 14.7 Å². The highest BCUT2D eigenvalue weighted by molar-refractivity contribution is 9.10. The second-order valence-electron chi connectivity index (χ2n) is 18.1. The van der Waals surface area contributed by atoms with Crippen LogP contribution in [-0.4, -0.2) is 98.9 Å². The third-order valence-corrected chi connectivity index (χ3v) is 15.4. The number of nitrogens with zero attached hydrogens (tertiary/aromatic N) is 5. The molecule has 352 valence electrons. The number of amides is 2. The number of hydrogen-bond acceptors (Lipinski definition) is 11. The molecule has 16 heteroatoms. The van der Waals surface area contributed by atoms with Gasteiger partial charge in [-0.1, -0.05) is 52.2 Å². The lowest BCUT2D eigenvalue weighted by Crippen LogP contribution is -2.54. The van der Waals surface area contributed by atoms with Gasteiger partial charge in [0.05, 0.1) is 36.7 Å². The van der Waals surface area contributed by atoms with Crippen LogP contribution < -0.4 is 11.5 Å². The summed E-state index contributed by atoms with van der Waals surface area (Å²) < 4.78 is 12.2. The van der Waals surface area contributed by atoms with Crippen molar-refractivity contribution in [2.24, 2.45) is 32.3 Å². The van der Waals surface area contributed by atoms with Crippen LogP contribution in [0.2, 0.25) is 0 Å². The molecule has 68 heavy (non-hydrogen) atoms. The Morgan fingerprint density at radius 1 is 0.750 bits per heavy atom. The predicted molar refractivity (Wildman–Crippen MR) is 271 cm³/mol. The van der Waals surface area contributed by atoms with E-state index in [0.29, 0.717) is 51.2 Å². The van der Waals surface area contributed by atoms with Gasteiger partial charge < -0.3 is 31.0 Å². The summed E-state index contributed by atoms with van der Waals surface area (Å²) in [5, 5.41) is 24.2. The van der Waals surface area contributed by atoms with E-state index in [2.05, 4.69) is 88.0 Å². The molecule has 6 N–H and O–H groups in total. The summed E-state index contributed by atoms with van der Waals surface area (Å²) >= 11 is 3.60. The monoisotopic (exact) mass is 979 g/mol. The molecule has 4 spiro atoms. The van der Waals surface area contributed by atoms with E-state index in [4.69, 9.17) is 47.4 Å². The number of terminal acetylenes is 1. The standard InChI is InChI=1S/C26H28N4O2.C19H24BrN3O2.C7H4.B2H2O2.H2/c1-30-23(31)15-26(29-24(30)28)22-13-19(18-5-3-4-17(12-18)16-27)6-7-20(22)14-25(26)10-8-21(32-2)9-11-25;1-23-16(24)11-19(22-17(23)21)15-9-13(20)4-3-12(15)10-18(19)7-5-14(25-2)6-8-18;1-3-5-7-6-4-2;3-1-2-4;/h3-7,12-13,21H,8-11,14-15H2,1-2H3,(H2,28,29);3-4,9,14H,5-8,10-11H2,1-2H3,(H2,21,22);1H,2H3;3-4H;1H. The van der Waals surface area contributed by atoms with Gasteiger partial charge in [-0.25, -0.2) is 9.98 Å². The third kappa shape index (κ3) is 9.99. The first-order valence-electron chi connectivity index (χ1n) is 22.7. The number of fused-ring (bicyclic) bond motifs is 6. The van der Waals surface area contributed by atoms with Crippen LogP contribution in [0.4, 0.5) is 0 Å². The van der Waals surface area contributed by atoms with Gasteiger partial charge in [-0.05, 0) is 159 Å². The van der Waals surface area contributed by atoms with Crippen LogP contribution in [0.25, 0.3) is 11.1 Å². The Bertz CT molecular complexity index is 2670. The number of hydrogen-bond donors (Lipinski definition) is 4. The van der Waals surface area contributed by atoms with Gasteiger partial charge in [0.1, 0.15) is 11.1 Å². The maximum absolute atomic E-state index is 13.1. The van der Waals surface area contributed by atoms with E-state index in [-0.39, 0.29) is 30.2 Å². The highest BCUT2D eigenvalue weighted by atomic mass is 79.9. The Labute approximate surface area is 412 Å². The summed E-state index contributed by atoms with van der Waals surface area (Å²) in [7, 11) is 8.08. The fraction of sp³-hybridized carbons (Fsp3) is 0.442. The van der Waals surface area contributed by atoms with Gasteiger partial charge in [0.2, 0.25) is 11.8 Å². The van der Waals surface area contributed by atoms with Crippen molar-refractivity contribution in [1.29, 1.82) is 5.26 Å². The summed E-state index contributed by atoms with van der Waals surface area (Å²) in [6.07, 6.45) is 15.8. The minimum Gasteiger partial charge on any atom is -0.461 e. The number of aliphatic imine (C=N–C) groups is 2. The molecular formula is C52H60B2BrN7O6. The van der Waals surface area contributed by atoms with Gasteiger partial charge in [-0.15, -0.1) is 6.42 Å². The molecule has 2 saturated carbocycles. The van der Waals surface area contributed by atoms with Crippen molar-refractivity contribution in [3.63, 3.8) is 0 Å². The number of guanidine groups is 2. The summed E-state index contributed by atoms with van der Waals surface area (Å²) in [5.41, 5.74) is 18.6. The first-order chi connectivity index (χ1) is 32.6. The van der Waals surface area contributed by atoms with Crippen LogP contribution in [-0.2, 0) is 43.0 Å². The molecule has 0 saturated heterocycles. The molecule has 2 amide bonds. The molecule has 0 bridgehead atoms. The molecule has 3 aromatic rings. The summed E-state index contributed by atoms with van der Waals surface area (Å²) in [4.78, 5) is 38.8. The van der Waals surface area contributed by atoms with Gasteiger partial charge in [-0.3, -0.25) is 19.4 Å². The quantitative estimate of drug-likeness (QED) is 0.187. The highest BCUT2D eigenvalue weighted by Gasteiger charge is 2.62. The number of carbonyl (C=O) groups is 2. The van der Waals surface area contributed by atoms with Gasteiger partial charge in [0, 0.05) is 45.0 Å². The minimum atomic E-state index is -0.655. The van der Waals surface area contributed by atoms with E-state index >= 15 is 0 Å². The van der Waals surface area contributed by atoms with Gasteiger partial charge >= 0.3 is 0 Å². The topological polar surface area (TPSA) is 200 Å². The van der Waals surface area contributed by atoms with Crippen LogP contribution in [0.5, 0.6) is 0 Å². The van der Waals surface area contributed by atoms with E-state index in [9.17, 15) is 14.9 Å². The molecule has 2 aliphatic heterocycles. The number of methoxy groups -OCH3 is 2. The maximum Gasteiger partial charge on any atom is 0.277 e. The molecule has 13 nitrogen and oxygen atoms in total. The number of ether oxygens (including phenoxy) is 2. The fourth-order valence-corrected chi connectivity index (χ4v) is 11.6. The van der Waals surface area contributed by atoms with Crippen molar-refractivity contribution in [2.45, 2.75) is 107 Å². The SMILES string of the molecule is C#CC#CC#CC.COC1CCC2(CC1)Cc1ccc(-c3cccc(C#N)c3)cc1C21CC(=O)N(C)C(N)=N1.COC1CCC2(CC1)Cc1ccc(Br)cc1C21CC(=O)N(C)C(N)=N1.O[B][B]O.[HH]. The molecule has 2 heterocycles. The molecule has 9 rings (SSSR count). The lowest BCUT2D eigenvalue weighted by atomic mass is 9.60. The molecule has 2 radical (unpaired) electrons. The summed E-state index contributed by atoms with van der Waals surface area (Å²) in [5.74, 6) is 12.7. The summed E-state index contributed by atoms with van der Waals surface area (Å²) in [6, 6.07) is 22.7. The lowest BCUT2D eigenvalue weighted by Gasteiger charge is -2.49. The second kappa shape index (κ2) is 22.1. The summed E-state index contributed by atoms with van der Waals surface area (Å²) in [6.45, 7) is 1.71. The Hall–Kier alpha value is -5.84. The van der Waals surface area contributed by atoms with Gasteiger partial charge in [-0.2, -0.15) is 5.26 Å². The highest BCUT2D eigenvalue weighted by Crippen LogP contribution is 2.64. The van der Waals surface area contributed by atoms with Gasteiger partial charge in [0.15, 0.2) is 11.9 Å². The lowest BCUT2D eigenvalue weighted by molar-refractivity contribution is -0.132. The number of benzene rings is 3. The molecule has 2 atom stereocenters. The molecule has 0 aromatic heterocycles. The normalized spacial score (nSPS) is 27.1. The average Bonchev–Trinajstić information content (AvgIpc) is 3.73. The number of nitrogens with two attached hydrogens (primary N) is 2. The van der Waals surface area contributed by atoms with Crippen molar-refractivity contribution >= 4 is 54.4 Å². The number of nitriles is 1. The molecule has 2 fully saturated rings. The molecule has 3 aromatic carbocycles. The zero-order valence-corrected chi connectivity index (χ0v) is 41.0. The first-order valence-corrected chi connectivity index (χ1v) is 23.5. The molecule has 4 aliphatic carbocycles. The average molecular weight is 981 g/mol. The zero-order valence-electron chi connectivity index (χ0n) is 39.4. The smallest absolute Gasteiger partial charge is 0.277 e. The van der Waals surface area contributed by atoms with E-state index in [0.717, 1.165) is 85.4 Å². The van der Waals surface area contributed by atoms with Crippen molar-refractivity contribution < 1.29 is 30.5 Å². The van der Waals surface area contributed by atoms with Crippen molar-refractivity contribution in [3.8, 4) is 53.2 Å². The van der Waals surface area contributed by atoms with E-state index in [1.807, 2.05) is 24.3 Å². The van der Waals surface area contributed by atoms with E-state index in [1.165, 1.54) is 26.5 Å².